The Hall–Kier alpha value is -1.57. The van der Waals surface area contributed by atoms with Crippen molar-refractivity contribution in [1.82, 2.24) is 4.57 Å². The van der Waals surface area contributed by atoms with Crippen molar-refractivity contribution in [2.45, 2.75) is 6.92 Å². The quantitative estimate of drug-likeness (QED) is 0.665. The second-order valence-corrected chi connectivity index (χ2v) is 3.17. The van der Waals surface area contributed by atoms with E-state index in [4.69, 9.17) is 5.41 Å². The molecule has 68 valence electrons. The van der Waals surface area contributed by atoms with E-state index in [2.05, 4.69) is 13.2 Å². The molecule has 0 saturated carbocycles. The first-order valence-corrected chi connectivity index (χ1v) is 4.09. The number of rotatable bonds is 2. The molecule has 0 bridgehead atoms. The van der Waals surface area contributed by atoms with E-state index in [0.717, 1.165) is 16.7 Å². The topological polar surface area (TPSA) is 28.8 Å². The highest BCUT2D eigenvalue weighted by Crippen LogP contribution is 2.17. The monoisotopic (exact) mass is 174 g/mol. The molecule has 2 nitrogen and oxygen atoms in total. The van der Waals surface area contributed by atoms with Crippen molar-refractivity contribution >= 4 is 5.57 Å². The van der Waals surface area contributed by atoms with Gasteiger partial charge in [-0.25, -0.2) is 0 Å². The summed E-state index contributed by atoms with van der Waals surface area (Å²) >= 11 is 0. The van der Waals surface area contributed by atoms with Crippen LogP contribution in [0.25, 0.3) is 5.57 Å². The van der Waals surface area contributed by atoms with Gasteiger partial charge in [-0.15, -0.1) is 0 Å². The zero-order chi connectivity index (χ0) is 10.0. The van der Waals surface area contributed by atoms with Crippen LogP contribution < -0.4 is 5.49 Å². The maximum atomic E-state index is 7.48. The van der Waals surface area contributed by atoms with Gasteiger partial charge in [0.1, 0.15) is 5.49 Å². The minimum atomic E-state index is 0.485. The fourth-order valence-electron chi connectivity index (χ4n) is 1.03. The van der Waals surface area contributed by atoms with Gasteiger partial charge in [-0.1, -0.05) is 18.7 Å². The molecular formula is C11H14N2. The molecule has 0 atom stereocenters. The summed E-state index contributed by atoms with van der Waals surface area (Å²) in [4.78, 5) is 0. The Morgan fingerprint density at radius 3 is 2.46 bits per heavy atom. The van der Waals surface area contributed by atoms with Crippen molar-refractivity contribution in [3.63, 3.8) is 0 Å². The molecule has 1 N–H and O–H groups in total. The molecule has 0 amide bonds. The highest BCUT2D eigenvalue weighted by molar-refractivity contribution is 5.75. The summed E-state index contributed by atoms with van der Waals surface area (Å²) in [5.74, 6) is 0. The fourth-order valence-corrected chi connectivity index (χ4v) is 1.03. The van der Waals surface area contributed by atoms with Crippen molar-refractivity contribution in [2.24, 2.45) is 7.05 Å². The second kappa shape index (κ2) is 3.44. The molecule has 0 radical (unpaired) electrons. The number of aryl methyl sites for hydroxylation is 1. The Kier molecular flexibility index (Phi) is 2.52. The molecule has 0 saturated heterocycles. The molecule has 1 aromatic rings. The van der Waals surface area contributed by atoms with Crippen LogP contribution in [0.2, 0.25) is 0 Å². The molecular weight excluding hydrogens is 160 g/mol. The predicted octanol–water partition coefficient (Wildman–Crippen LogP) is 2.09. The van der Waals surface area contributed by atoms with Gasteiger partial charge >= 0.3 is 0 Å². The van der Waals surface area contributed by atoms with Gasteiger partial charge in [0.15, 0.2) is 0 Å². The van der Waals surface area contributed by atoms with Crippen molar-refractivity contribution in [3.05, 3.63) is 48.1 Å². The Bertz CT molecular complexity index is 410. The number of aromatic nitrogens is 1. The van der Waals surface area contributed by atoms with Crippen LogP contribution in [0.5, 0.6) is 0 Å². The summed E-state index contributed by atoms with van der Waals surface area (Å²) in [6.07, 6.45) is 1.89. The highest BCUT2D eigenvalue weighted by Gasteiger charge is 1.99. The van der Waals surface area contributed by atoms with Crippen LogP contribution in [0.4, 0.5) is 0 Å². The third-order valence-electron chi connectivity index (χ3n) is 2.00. The van der Waals surface area contributed by atoms with Gasteiger partial charge in [0, 0.05) is 13.2 Å². The molecule has 1 heterocycles. The summed E-state index contributed by atoms with van der Waals surface area (Å²) in [6.45, 7) is 9.68. The summed E-state index contributed by atoms with van der Waals surface area (Å²) in [7, 11) is 1.84. The van der Waals surface area contributed by atoms with Gasteiger partial charge in [-0.3, -0.25) is 5.41 Å². The molecule has 0 fully saturated rings. The van der Waals surface area contributed by atoms with E-state index >= 15 is 0 Å². The maximum Gasteiger partial charge on any atom is 0.124 e. The average molecular weight is 174 g/mol. The summed E-state index contributed by atoms with van der Waals surface area (Å²) in [6, 6.07) is 3.64. The van der Waals surface area contributed by atoms with E-state index in [0.29, 0.717) is 5.49 Å². The molecule has 1 rings (SSSR count). The van der Waals surface area contributed by atoms with Crippen LogP contribution in [-0.2, 0) is 7.05 Å². The Morgan fingerprint density at radius 1 is 1.38 bits per heavy atom. The van der Waals surface area contributed by atoms with Crippen LogP contribution >= 0.6 is 0 Å². The lowest BCUT2D eigenvalue weighted by molar-refractivity contribution is 0.814. The largest absolute Gasteiger partial charge is 0.336 e. The molecule has 0 aliphatic rings. The number of hydrogen-bond donors (Lipinski definition) is 1. The van der Waals surface area contributed by atoms with Crippen molar-refractivity contribution < 1.29 is 0 Å². The fraction of sp³-hybridized carbons (Fsp3) is 0.182. The van der Waals surface area contributed by atoms with E-state index in [9.17, 15) is 0 Å². The predicted molar refractivity (Wildman–Crippen MR) is 55.1 cm³/mol. The standard InChI is InChI=1S/C11H14N2/c1-8(2)9(3)10-5-6-11(12)13(4)7-10/h5-7,12H,1,3H2,2,4H3. The lowest BCUT2D eigenvalue weighted by Crippen LogP contribution is -2.14. The molecule has 0 spiro atoms. The van der Waals surface area contributed by atoms with E-state index < -0.39 is 0 Å². The lowest BCUT2D eigenvalue weighted by atomic mass is 10.0. The number of allylic oxidation sites excluding steroid dienone is 2. The van der Waals surface area contributed by atoms with Gasteiger partial charge in [-0.05, 0) is 30.2 Å². The molecule has 2 heteroatoms. The number of nitrogens with zero attached hydrogens (tertiary/aromatic N) is 1. The molecule has 13 heavy (non-hydrogen) atoms. The normalized spacial score (nSPS) is 9.69. The number of nitrogens with one attached hydrogen (secondary N) is 1. The van der Waals surface area contributed by atoms with Crippen LogP contribution in [0.3, 0.4) is 0 Å². The van der Waals surface area contributed by atoms with Gasteiger partial charge in [0.2, 0.25) is 0 Å². The Labute approximate surface area is 78.4 Å². The number of pyridine rings is 1. The van der Waals surface area contributed by atoms with Crippen LogP contribution in [0.15, 0.2) is 37.1 Å². The SMILES string of the molecule is C=C(C)C(=C)c1ccc(=N)n(C)c1. The van der Waals surface area contributed by atoms with Gasteiger partial charge in [0.25, 0.3) is 0 Å². The maximum absolute atomic E-state index is 7.48. The Morgan fingerprint density at radius 2 is 2.00 bits per heavy atom. The zero-order valence-electron chi connectivity index (χ0n) is 8.09. The van der Waals surface area contributed by atoms with Crippen molar-refractivity contribution in [1.29, 1.82) is 5.41 Å². The molecule has 0 aliphatic carbocycles. The average Bonchev–Trinajstić information content (AvgIpc) is 2.08. The second-order valence-electron chi connectivity index (χ2n) is 3.17. The van der Waals surface area contributed by atoms with E-state index in [-0.39, 0.29) is 0 Å². The third kappa shape index (κ3) is 1.96. The summed E-state index contributed by atoms with van der Waals surface area (Å²) in [5.41, 5.74) is 3.39. The van der Waals surface area contributed by atoms with Gasteiger partial charge in [-0.2, -0.15) is 0 Å². The molecule has 0 unspecified atom stereocenters. The van der Waals surface area contributed by atoms with E-state index in [1.807, 2.05) is 26.2 Å². The van der Waals surface area contributed by atoms with E-state index in [1.54, 1.807) is 10.6 Å². The molecule has 1 aromatic heterocycles. The number of hydrogen-bond acceptors (Lipinski definition) is 1. The van der Waals surface area contributed by atoms with E-state index in [1.165, 1.54) is 0 Å². The van der Waals surface area contributed by atoms with Crippen molar-refractivity contribution in [2.75, 3.05) is 0 Å². The third-order valence-corrected chi connectivity index (χ3v) is 2.00. The van der Waals surface area contributed by atoms with Crippen LogP contribution in [0, 0.1) is 5.41 Å². The lowest BCUT2D eigenvalue weighted by Gasteiger charge is -2.06. The minimum Gasteiger partial charge on any atom is -0.336 e. The van der Waals surface area contributed by atoms with Crippen LogP contribution in [0.1, 0.15) is 12.5 Å². The highest BCUT2D eigenvalue weighted by atomic mass is 14.9. The minimum absolute atomic E-state index is 0.485. The summed E-state index contributed by atoms with van der Waals surface area (Å²) < 4.78 is 1.75. The smallest absolute Gasteiger partial charge is 0.124 e. The first-order chi connectivity index (χ1) is 6.02. The first-order valence-electron chi connectivity index (χ1n) is 4.09. The first kappa shape index (κ1) is 9.52. The van der Waals surface area contributed by atoms with Gasteiger partial charge in [0.05, 0.1) is 0 Å². The van der Waals surface area contributed by atoms with Crippen LogP contribution in [-0.4, -0.2) is 4.57 Å². The summed E-state index contributed by atoms with van der Waals surface area (Å²) in [5, 5.41) is 7.48. The zero-order valence-corrected chi connectivity index (χ0v) is 8.09. The molecule has 0 aromatic carbocycles. The molecule has 0 aliphatic heterocycles. The Balaban J connectivity index is 3.19. The van der Waals surface area contributed by atoms with Gasteiger partial charge < -0.3 is 4.57 Å². The van der Waals surface area contributed by atoms with Crippen molar-refractivity contribution in [3.8, 4) is 0 Å².